The van der Waals surface area contributed by atoms with E-state index in [1.807, 2.05) is 0 Å². The zero-order chi connectivity index (χ0) is 14.8. The van der Waals surface area contributed by atoms with E-state index in [-0.39, 0.29) is 9.92 Å². The topological polar surface area (TPSA) is 72.6 Å². The molecule has 1 aliphatic heterocycles. The Labute approximate surface area is 124 Å². The Hall–Kier alpha value is -0.820. The lowest BCUT2D eigenvalue weighted by Crippen LogP contribution is -2.34. The molecule has 1 saturated heterocycles. The summed E-state index contributed by atoms with van der Waals surface area (Å²) in [4.78, 5) is 0.172. The molecule has 2 N–H and O–H groups in total. The highest BCUT2D eigenvalue weighted by molar-refractivity contribution is 7.89. The van der Waals surface area contributed by atoms with Crippen molar-refractivity contribution in [2.45, 2.75) is 17.7 Å². The molecule has 0 saturated carbocycles. The number of halogens is 1. The quantitative estimate of drug-likeness (QED) is 0.861. The Bertz CT molecular complexity index is 571. The minimum Gasteiger partial charge on any atom is -0.398 e. The Morgan fingerprint density at radius 3 is 2.65 bits per heavy atom. The Kier molecular flexibility index (Phi) is 4.90. The van der Waals surface area contributed by atoms with Gasteiger partial charge in [-0.3, -0.25) is 0 Å². The Morgan fingerprint density at radius 2 is 2.05 bits per heavy atom. The largest absolute Gasteiger partial charge is 0.398 e. The van der Waals surface area contributed by atoms with Gasteiger partial charge in [0, 0.05) is 26.8 Å². The molecule has 1 aliphatic rings. The van der Waals surface area contributed by atoms with E-state index in [0.29, 0.717) is 31.4 Å². The van der Waals surface area contributed by atoms with Crippen LogP contribution in [-0.4, -0.2) is 39.5 Å². The van der Waals surface area contributed by atoms with Crippen molar-refractivity contribution in [3.63, 3.8) is 0 Å². The van der Waals surface area contributed by atoms with Crippen molar-refractivity contribution < 1.29 is 13.2 Å². The number of sulfonamides is 1. The van der Waals surface area contributed by atoms with E-state index >= 15 is 0 Å². The molecule has 5 nitrogen and oxygen atoms in total. The second-order valence-electron chi connectivity index (χ2n) is 5.02. The summed E-state index contributed by atoms with van der Waals surface area (Å²) in [6.45, 7) is 1.90. The van der Waals surface area contributed by atoms with E-state index in [1.54, 1.807) is 7.05 Å². The number of benzene rings is 1. The number of rotatable bonds is 4. The highest BCUT2D eigenvalue weighted by Gasteiger charge is 2.25. The fraction of sp³-hybridized carbons (Fsp3) is 0.538. The van der Waals surface area contributed by atoms with Crippen molar-refractivity contribution in [2.24, 2.45) is 5.92 Å². The third-order valence-electron chi connectivity index (χ3n) is 3.54. The summed E-state index contributed by atoms with van der Waals surface area (Å²) in [5, 5.41) is 0.255. The third kappa shape index (κ3) is 3.44. The standard InChI is InChI=1S/C13H19ClN2O3S/c1-16(9-10-4-6-19-7-5-10)20(17,18)11-2-3-13(15)12(14)8-11/h2-3,8,10H,4-7,9,15H2,1H3. The Morgan fingerprint density at radius 1 is 1.40 bits per heavy atom. The maximum absolute atomic E-state index is 12.5. The van der Waals surface area contributed by atoms with E-state index in [1.165, 1.54) is 22.5 Å². The third-order valence-corrected chi connectivity index (χ3v) is 5.68. The van der Waals surface area contributed by atoms with Crippen LogP contribution in [0.1, 0.15) is 12.8 Å². The van der Waals surface area contributed by atoms with Gasteiger partial charge in [-0.1, -0.05) is 11.6 Å². The number of ether oxygens (including phenoxy) is 1. The molecular formula is C13H19ClN2O3S. The molecule has 7 heteroatoms. The molecule has 0 unspecified atom stereocenters. The molecular weight excluding hydrogens is 300 g/mol. The molecule has 0 aromatic heterocycles. The first-order valence-electron chi connectivity index (χ1n) is 6.50. The molecule has 20 heavy (non-hydrogen) atoms. The van der Waals surface area contributed by atoms with Crippen LogP contribution in [0.15, 0.2) is 23.1 Å². The van der Waals surface area contributed by atoms with Crippen molar-refractivity contribution in [1.82, 2.24) is 4.31 Å². The number of nitrogen functional groups attached to an aromatic ring is 1. The zero-order valence-electron chi connectivity index (χ0n) is 11.4. The average molecular weight is 319 g/mol. The molecule has 0 aliphatic carbocycles. The molecule has 1 aromatic carbocycles. The van der Waals surface area contributed by atoms with Gasteiger partial charge < -0.3 is 10.5 Å². The van der Waals surface area contributed by atoms with Crippen molar-refractivity contribution in [3.8, 4) is 0 Å². The summed E-state index contributed by atoms with van der Waals surface area (Å²) >= 11 is 5.89. The average Bonchev–Trinajstić information content (AvgIpc) is 2.42. The van der Waals surface area contributed by atoms with Crippen LogP contribution in [-0.2, 0) is 14.8 Å². The predicted molar refractivity (Wildman–Crippen MR) is 79.2 cm³/mol. The van der Waals surface area contributed by atoms with Crippen LogP contribution in [0.4, 0.5) is 5.69 Å². The van der Waals surface area contributed by atoms with Gasteiger partial charge in [-0.2, -0.15) is 0 Å². The summed E-state index contributed by atoms with van der Waals surface area (Å²) in [5.41, 5.74) is 5.98. The second kappa shape index (κ2) is 6.30. The highest BCUT2D eigenvalue weighted by atomic mass is 35.5. The smallest absolute Gasteiger partial charge is 0.242 e. The van der Waals surface area contributed by atoms with Gasteiger partial charge in [0.05, 0.1) is 15.6 Å². The van der Waals surface area contributed by atoms with Crippen molar-refractivity contribution in [2.75, 3.05) is 32.5 Å². The SMILES string of the molecule is CN(CC1CCOCC1)S(=O)(=O)c1ccc(N)c(Cl)c1. The van der Waals surface area contributed by atoms with Crippen LogP contribution < -0.4 is 5.73 Å². The fourth-order valence-corrected chi connectivity index (χ4v) is 3.76. The summed E-state index contributed by atoms with van der Waals surface area (Å²) in [7, 11) is -1.93. The first kappa shape index (κ1) is 15.6. The van der Waals surface area contributed by atoms with E-state index in [0.717, 1.165) is 12.8 Å². The van der Waals surface area contributed by atoms with E-state index < -0.39 is 10.0 Å². The van der Waals surface area contributed by atoms with Gasteiger partial charge in [0.15, 0.2) is 0 Å². The molecule has 1 heterocycles. The minimum absolute atomic E-state index is 0.172. The van der Waals surface area contributed by atoms with E-state index in [4.69, 9.17) is 22.1 Å². The van der Waals surface area contributed by atoms with Gasteiger partial charge in [0.2, 0.25) is 10.0 Å². The predicted octanol–water partition coefficient (Wildman–Crippen LogP) is 1.97. The fourth-order valence-electron chi connectivity index (χ4n) is 2.24. The lowest BCUT2D eigenvalue weighted by atomic mass is 10.0. The van der Waals surface area contributed by atoms with E-state index in [2.05, 4.69) is 0 Å². The summed E-state index contributed by atoms with van der Waals surface area (Å²) in [6.07, 6.45) is 1.78. The lowest BCUT2D eigenvalue weighted by Gasteiger charge is -2.26. The number of anilines is 1. The van der Waals surface area contributed by atoms with Gasteiger partial charge >= 0.3 is 0 Å². The molecule has 112 valence electrons. The Balaban J connectivity index is 2.13. The molecule has 0 amide bonds. The monoisotopic (exact) mass is 318 g/mol. The van der Waals surface area contributed by atoms with Gasteiger partial charge in [0.25, 0.3) is 0 Å². The van der Waals surface area contributed by atoms with Crippen LogP contribution in [0.2, 0.25) is 5.02 Å². The molecule has 2 rings (SSSR count). The summed E-state index contributed by atoms with van der Waals surface area (Å²) in [5.74, 6) is 0.341. The number of nitrogens with two attached hydrogens (primary N) is 1. The van der Waals surface area contributed by atoms with Gasteiger partial charge in [-0.05, 0) is 37.0 Å². The van der Waals surface area contributed by atoms with Crippen molar-refractivity contribution in [3.05, 3.63) is 23.2 Å². The van der Waals surface area contributed by atoms with Gasteiger partial charge in [-0.25, -0.2) is 12.7 Å². The molecule has 0 spiro atoms. The maximum atomic E-state index is 12.5. The van der Waals surface area contributed by atoms with Gasteiger partial charge in [-0.15, -0.1) is 0 Å². The van der Waals surface area contributed by atoms with Crippen LogP contribution in [0, 0.1) is 5.92 Å². The number of hydrogen-bond acceptors (Lipinski definition) is 4. The van der Waals surface area contributed by atoms with E-state index in [9.17, 15) is 8.42 Å². The van der Waals surface area contributed by atoms with Crippen LogP contribution in [0.3, 0.4) is 0 Å². The molecule has 0 radical (unpaired) electrons. The highest BCUT2D eigenvalue weighted by Crippen LogP contribution is 2.25. The molecule has 1 fully saturated rings. The zero-order valence-corrected chi connectivity index (χ0v) is 13.0. The summed E-state index contributed by atoms with van der Waals surface area (Å²) in [6, 6.07) is 4.39. The first-order chi connectivity index (χ1) is 9.41. The molecule has 1 aromatic rings. The normalized spacial score (nSPS) is 17.6. The van der Waals surface area contributed by atoms with Crippen LogP contribution in [0.5, 0.6) is 0 Å². The van der Waals surface area contributed by atoms with Crippen LogP contribution in [0.25, 0.3) is 0 Å². The van der Waals surface area contributed by atoms with Gasteiger partial charge in [0.1, 0.15) is 0 Å². The maximum Gasteiger partial charge on any atom is 0.242 e. The number of nitrogens with zero attached hydrogens (tertiary/aromatic N) is 1. The lowest BCUT2D eigenvalue weighted by molar-refractivity contribution is 0.0620. The molecule has 0 bridgehead atoms. The molecule has 0 atom stereocenters. The number of hydrogen-bond donors (Lipinski definition) is 1. The van der Waals surface area contributed by atoms with Crippen molar-refractivity contribution in [1.29, 1.82) is 0 Å². The van der Waals surface area contributed by atoms with Crippen LogP contribution >= 0.6 is 11.6 Å². The first-order valence-corrected chi connectivity index (χ1v) is 8.32. The minimum atomic E-state index is -3.53. The van der Waals surface area contributed by atoms with Crippen molar-refractivity contribution >= 4 is 27.3 Å². The second-order valence-corrected chi connectivity index (χ2v) is 7.48. The summed E-state index contributed by atoms with van der Waals surface area (Å²) < 4.78 is 31.6.